The van der Waals surface area contributed by atoms with Crippen LogP contribution in [0.5, 0.6) is 5.75 Å². The first-order chi connectivity index (χ1) is 18.6. The van der Waals surface area contributed by atoms with E-state index < -0.39 is 10.0 Å². The molecule has 0 aliphatic heterocycles. The zero-order chi connectivity index (χ0) is 28.2. The first-order valence-electron chi connectivity index (χ1n) is 13.0. The summed E-state index contributed by atoms with van der Waals surface area (Å²) in [5.41, 5.74) is 1.69. The summed E-state index contributed by atoms with van der Waals surface area (Å²) in [4.78, 5) is 32.0. The van der Waals surface area contributed by atoms with E-state index in [1.54, 1.807) is 29.6 Å². The highest BCUT2D eigenvalue weighted by Crippen LogP contribution is 2.31. The molecule has 2 heterocycles. The van der Waals surface area contributed by atoms with Crippen molar-refractivity contribution >= 4 is 27.0 Å². The van der Waals surface area contributed by atoms with E-state index in [0.717, 1.165) is 25.7 Å². The summed E-state index contributed by atoms with van der Waals surface area (Å²) in [5, 5.41) is 4.67. The monoisotopic (exact) mass is 551 g/mol. The Kier molecular flexibility index (Phi) is 8.49. The number of nitrogens with zero attached hydrogens (tertiary/aromatic N) is 3. The zero-order valence-corrected chi connectivity index (χ0v) is 23.4. The Morgan fingerprint density at radius 1 is 1.08 bits per heavy atom. The summed E-state index contributed by atoms with van der Waals surface area (Å²) >= 11 is 0. The maximum absolute atomic E-state index is 13.3. The summed E-state index contributed by atoms with van der Waals surface area (Å²) in [5.74, 6) is 1.12. The third-order valence-electron chi connectivity index (χ3n) is 6.36. The van der Waals surface area contributed by atoms with Crippen molar-refractivity contribution in [2.24, 2.45) is 0 Å². The van der Waals surface area contributed by atoms with Gasteiger partial charge in [0.2, 0.25) is 0 Å². The van der Waals surface area contributed by atoms with Crippen molar-refractivity contribution in [3.63, 3.8) is 0 Å². The first kappa shape index (κ1) is 28.0. The molecule has 2 N–H and O–H groups in total. The molecule has 0 spiro atoms. The largest absolute Gasteiger partial charge is 0.493 e. The number of aryl methyl sites for hydroxylation is 2. The number of unbranched alkanes of at least 4 members (excludes halogenated alkanes) is 3. The fourth-order valence-electron chi connectivity index (χ4n) is 4.36. The molecule has 4 aromatic rings. The van der Waals surface area contributed by atoms with Crippen molar-refractivity contribution in [2.45, 2.75) is 64.7 Å². The number of aromatic nitrogens is 4. The molecule has 0 bridgehead atoms. The predicted octanol–water partition coefficient (Wildman–Crippen LogP) is 4.92. The summed E-state index contributed by atoms with van der Waals surface area (Å²) < 4.78 is 36.4. The maximum Gasteiger partial charge on any atom is 0.277 e. The number of fused-ring (bicyclic) bond motifs is 1. The Morgan fingerprint density at radius 2 is 1.82 bits per heavy atom. The van der Waals surface area contributed by atoms with Crippen molar-refractivity contribution in [3.05, 3.63) is 69.9 Å². The summed E-state index contributed by atoms with van der Waals surface area (Å²) in [7, 11) is -4.01. The Balaban J connectivity index is 1.75. The minimum absolute atomic E-state index is 0.0408. The van der Waals surface area contributed by atoms with Gasteiger partial charge in [0, 0.05) is 17.7 Å². The molecule has 0 saturated carbocycles. The molecule has 0 radical (unpaired) electrons. The third kappa shape index (κ3) is 6.19. The van der Waals surface area contributed by atoms with Crippen LogP contribution in [-0.4, -0.2) is 40.4 Å². The second-order valence-corrected chi connectivity index (χ2v) is 11.0. The van der Waals surface area contributed by atoms with Gasteiger partial charge in [-0.15, -0.1) is 5.10 Å². The van der Waals surface area contributed by atoms with Crippen LogP contribution in [0.4, 0.5) is 5.69 Å². The van der Waals surface area contributed by atoms with E-state index in [2.05, 4.69) is 26.7 Å². The number of rotatable bonds is 12. The van der Waals surface area contributed by atoms with E-state index in [1.165, 1.54) is 31.2 Å². The number of Topliss-reactive ketones (excluding diaryl/α,β-unsaturated/α-hetero) is 1. The highest BCUT2D eigenvalue weighted by Gasteiger charge is 2.21. The van der Waals surface area contributed by atoms with Crippen LogP contribution >= 0.6 is 0 Å². The number of hydrogen-bond acceptors (Lipinski definition) is 7. The molecule has 0 aliphatic carbocycles. The third-order valence-corrected chi connectivity index (χ3v) is 7.74. The van der Waals surface area contributed by atoms with Crippen LogP contribution in [0.3, 0.4) is 0 Å². The topological polar surface area (TPSA) is 136 Å². The lowest BCUT2D eigenvalue weighted by molar-refractivity contribution is 0.101. The van der Waals surface area contributed by atoms with Gasteiger partial charge >= 0.3 is 0 Å². The molecule has 0 saturated heterocycles. The number of aromatic amines is 1. The highest BCUT2D eigenvalue weighted by molar-refractivity contribution is 7.92. The minimum Gasteiger partial charge on any atom is -0.493 e. The second-order valence-electron chi connectivity index (χ2n) is 9.32. The Morgan fingerprint density at radius 3 is 2.49 bits per heavy atom. The van der Waals surface area contributed by atoms with Gasteiger partial charge in [0.1, 0.15) is 11.6 Å². The molecule has 0 aliphatic rings. The van der Waals surface area contributed by atoms with Gasteiger partial charge in [0.15, 0.2) is 17.1 Å². The average molecular weight is 552 g/mol. The number of carbonyl (C=O) groups excluding carboxylic acids is 1. The molecule has 206 valence electrons. The highest BCUT2D eigenvalue weighted by atomic mass is 32.2. The lowest BCUT2D eigenvalue weighted by Gasteiger charge is -2.14. The number of imidazole rings is 1. The second kappa shape index (κ2) is 11.8. The molecule has 0 atom stereocenters. The molecule has 2 aromatic heterocycles. The van der Waals surface area contributed by atoms with Gasteiger partial charge in [-0.05, 0) is 69.7 Å². The van der Waals surface area contributed by atoms with E-state index in [4.69, 9.17) is 4.74 Å². The fraction of sp³-hybridized carbons (Fsp3) is 0.357. The van der Waals surface area contributed by atoms with Crippen molar-refractivity contribution in [1.29, 1.82) is 0 Å². The number of anilines is 1. The van der Waals surface area contributed by atoms with Crippen LogP contribution in [0.25, 0.3) is 16.9 Å². The fourth-order valence-corrected chi connectivity index (χ4v) is 5.44. The quantitative estimate of drug-likeness (QED) is 0.188. The standard InChI is InChI=1S/C28H33N5O5S/c1-5-7-8-9-10-25-29-18(3)26-28(35)30-27(31-33(25)26)23-17-22(15-16-24(23)38-6-2)39(36,37)32-21-13-11-20(12-14-21)19(4)34/h11-17,32H,5-10H2,1-4H3,(H,30,31,35). The van der Waals surface area contributed by atoms with Gasteiger partial charge in [-0.3, -0.25) is 14.3 Å². The van der Waals surface area contributed by atoms with Crippen molar-refractivity contribution in [3.8, 4) is 17.1 Å². The van der Waals surface area contributed by atoms with Crippen LogP contribution < -0.4 is 15.0 Å². The SMILES string of the molecule is CCCCCCc1nc(C)c2c(=O)[nH]c(-c3cc(S(=O)(=O)Nc4ccc(C(C)=O)cc4)ccc3OCC)nn12. The van der Waals surface area contributed by atoms with E-state index in [0.29, 0.717) is 52.6 Å². The normalized spacial score (nSPS) is 11.6. The van der Waals surface area contributed by atoms with Crippen LogP contribution in [0.2, 0.25) is 0 Å². The molecule has 2 aromatic carbocycles. The van der Waals surface area contributed by atoms with Gasteiger partial charge < -0.3 is 9.72 Å². The first-order valence-corrected chi connectivity index (χ1v) is 14.5. The van der Waals surface area contributed by atoms with E-state index >= 15 is 0 Å². The molecule has 0 amide bonds. The zero-order valence-electron chi connectivity index (χ0n) is 22.6. The number of sulfonamides is 1. The van der Waals surface area contributed by atoms with Gasteiger partial charge in [-0.1, -0.05) is 26.2 Å². The lowest BCUT2D eigenvalue weighted by Crippen LogP contribution is -2.17. The van der Waals surface area contributed by atoms with E-state index in [9.17, 15) is 18.0 Å². The molecular formula is C28H33N5O5S. The van der Waals surface area contributed by atoms with Crippen molar-refractivity contribution in [1.82, 2.24) is 19.6 Å². The average Bonchev–Trinajstić information content (AvgIpc) is 3.22. The Labute approximate surface area is 227 Å². The molecular weight excluding hydrogens is 518 g/mol. The molecule has 11 heteroatoms. The van der Waals surface area contributed by atoms with Gasteiger partial charge in [0.25, 0.3) is 15.6 Å². The molecule has 0 unspecified atom stereocenters. The van der Waals surface area contributed by atoms with Crippen LogP contribution in [0.15, 0.2) is 52.2 Å². The van der Waals surface area contributed by atoms with Crippen molar-refractivity contribution in [2.75, 3.05) is 11.3 Å². The Hall–Kier alpha value is -3.99. The minimum atomic E-state index is -4.01. The van der Waals surface area contributed by atoms with Crippen LogP contribution in [-0.2, 0) is 16.4 Å². The Bertz CT molecular complexity index is 1660. The van der Waals surface area contributed by atoms with Crippen molar-refractivity contribution < 1.29 is 17.9 Å². The molecule has 0 fully saturated rings. The van der Waals surface area contributed by atoms with E-state index in [-0.39, 0.29) is 22.1 Å². The number of benzene rings is 2. The maximum atomic E-state index is 13.3. The van der Waals surface area contributed by atoms with Crippen LogP contribution in [0, 0.1) is 6.92 Å². The predicted molar refractivity (Wildman–Crippen MR) is 150 cm³/mol. The van der Waals surface area contributed by atoms with Gasteiger partial charge in [0.05, 0.1) is 22.8 Å². The summed E-state index contributed by atoms with van der Waals surface area (Å²) in [6, 6.07) is 10.6. The van der Waals surface area contributed by atoms with E-state index in [1.807, 2.05) is 6.92 Å². The summed E-state index contributed by atoms with van der Waals surface area (Å²) in [6.45, 7) is 7.51. The van der Waals surface area contributed by atoms with Gasteiger partial charge in [-0.25, -0.2) is 17.9 Å². The smallest absolute Gasteiger partial charge is 0.277 e. The number of ether oxygens (including phenoxy) is 1. The lowest BCUT2D eigenvalue weighted by atomic mass is 10.1. The number of carbonyl (C=O) groups is 1. The van der Waals surface area contributed by atoms with Gasteiger partial charge in [-0.2, -0.15) is 0 Å². The molecule has 39 heavy (non-hydrogen) atoms. The van der Waals surface area contributed by atoms with Crippen LogP contribution in [0.1, 0.15) is 68.3 Å². The molecule has 10 nitrogen and oxygen atoms in total. The number of nitrogens with one attached hydrogen (secondary N) is 2. The number of ketones is 1. The molecule has 4 rings (SSSR count). The summed E-state index contributed by atoms with van der Waals surface area (Å²) in [6.07, 6.45) is 4.88. The number of H-pyrrole nitrogens is 1. The number of hydrogen-bond donors (Lipinski definition) is 2.